The normalized spacial score (nSPS) is 11.6. The van der Waals surface area contributed by atoms with Gasteiger partial charge in [0.25, 0.3) is 5.56 Å². The Morgan fingerprint density at radius 2 is 1.92 bits per heavy atom. The molecule has 0 spiro atoms. The Labute approximate surface area is 150 Å². The molecule has 1 aromatic carbocycles. The Kier molecular flexibility index (Phi) is 6.77. The van der Waals surface area contributed by atoms with E-state index in [1.54, 1.807) is 42.6 Å². The van der Waals surface area contributed by atoms with E-state index in [1.807, 2.05) is 0 Å². The fourth-order valence-electron chi connectivity index (χ4n) is 2.38. The summed E-state index contributed by atoms with van der Waals surface area (Å²) in [4.78, 5) is 35.6. The first-order valence-electron chi connectivity index (χ1n) is 7.77. The third-order valence-electron chi connectivity index (χ3n) is 3.69. The van der Waals surface area contributed by atoms with Gasteiger partial charge in [-0.15, -0.1) is 0 Å². The molecular weight excluding hydrogens is 344 g/mol. The highest BCUT2D eigenvalue weighted by molar-refractivity contribution is 6.31. The average Bonchev–Trinajstić information content (AvgIpc) is 2.61. The molecule has 1 N–H and O–H groups in total. The number of carbonyl (C=O) groups is 2. The van der Waals surface area contributed by atoms with Crippen molar-refractivity contribution < 1.29 is 14.3 Å². The number of hydrogen-bond acceptors (Lipinski definition) is 4. The first-order valence-corrected chi connectivity index (χ1v) is 8.15. The quantitative estimate of drug-likeness (QED) is 0.767. The highest BCUT2D eigenvalue weighted by Crippen LogP contribution is 2.25. The minimum Gasteiger partial charge on any atom is -0.469 e. The van der Waals surface area contributed by atoms with Crippen LogP contribution in [-0.2, 0) is 20.9 Å². The fraction of sp³-hybridized carbons (Fsp3) is 0.278. The second kappa shape index (κ2) is 9.03. The van der Waals surface area contributed by atoms with Gasteiger partial charge in [0.15, 0.2) is 0 Å². The number of carbonyl (C=O) groups excluding carboxylic acids is 2. The van der Waals surface area contributed by atoms with Crippen molar-refractivity contribution >= 4 is 23.5 Å². The average molecular weight is 363 g/mol. The Bertz CT molecular complexity index is 803. The van der Waals surface area contributed by atoms with Crippen molar-refractivity contribution in [2.75, 3.05) is 7.11 Å². The third kappa shape index (κ3) is 5.46. The van der Waals surface area contributed by atoms with Crippen LogP contribution in [0.3, 0.4) is 0 Å². The maximum atomic E-state index is 12.3. The van der Waals surface area contributed by atoms with Crippen LogP contribution in [0.15, 0.2) is 53.5 Å². The minimum absolute atomic E-state index is 0.0305. The summed E-state index contributed by atoms with van der Waals surface area (Å²) < 4.78 is 6.14. The zero-order chi connectivity index (χ0) is 18.2. The lowest BCUT2D eigenvalue weighted by molar-refractivity contribution is -0.141. The Balaban J connectivity index is 2.06. The zero-order valence-corrected chi connectivity index (χ0v) is 14.5. The lowest BCUT2D eigenvalue weighted by Gasteiger charge is -2.19. The number of nitrogens with zero attached hydrogens (tertiary/aromatic N) is 1. The number of aryl methyl sites for hydroxylation is 1. The lowest BCUT2D eigenvalue weighted by atomic mass is 10.0. The zero-order valence-electron chi connectivity index (χ0n) is 13.8. The molecular formula is C18H19ClN2O4. The van der Waals surface area contributed by atoms with Gasteiger partial charge in [-0.3, -0.25) is 14.4 Å². The molecule has 0 aliphatic heterocycles. The van der Waals surface area contributed by atoms with E-state index >= 15 is 0 Å². The highest BCUT2D eigenvalue weighted by atomic mass is 35.5. The van der Waals surface area contributed by atoms with Crippen LogP contribution in [0.5, 0.6) is 0 Å². The van der Waals surface area contributed by atoms with Crippen LogP contribution in [0.2, 0.25) is 5.02 Å². The molecule has 0 bridgehead atoms. The molecule has 25 heavy (non-hydrogen) atoms. The smallest absolute Gasteiger partial charge is 0.307 e. The number of nitrogens with one attached hydrogen (secondary N) is 1. The van der Waals surface area contributed by atoms with Gasteiger partial charge in [0.1, 0.15) is 0 Å². The molecule has 6 nitrogen and oxygen atoms in total. The summed E-state index contributed by atoms with van der Waals surface area (Å²) in [7, 11) is 1.29. The summed E-state index contributed by atoms with van der Waals surface area (Å²) in [6.45, 7) is 0.249. The van der Waals surface area contributed by atoms with Gasteiger partial charge in [0, 0.05) is 30.3 Å². The van der Waals surface area contributed by atoms with Crippen molar-refractivity contribution in [2.45, 2.75) is 25.4 Å². The van der Waals surface area contributed by atoms with Crippen LogP contribution >= 0.6 is 11.6 Å². The van der Waals surface area contributed by atoms with E-state index in [2.05, 4.69) is 10.1 Å². The molecule has 0 aliphatic carbocycles. The van der Waals surface area contributed by atoms with Crippen molar-refractivity contribution in [1.29, 1.82) is 0 Å². The van der Waals surface area contributed by atoms with Gasteiger partial charge < -0.3 is 14.6 Å². The Morgan fingerprint density at radius 3 is 2.60 bits per heavy atom. The number of rotatable bonds is 7. The first-order chi connectivity index (χ1) is 12.0. The van der Waals surface area contributed by atoms with E-state index in [9.17, 15) is 14.4 Å². The second-order valence-electron chi connectivity index (χ2n) is 5.40. The Hall–Kier alpha value is -2.60. The molecule has 132 valence electrons. The standard InChI is InChI=1S/C18H19ClN2O4/c1-25-18(24)12-15(13-6-2-3-7-14(13)19)20-16(22)9-11-21-10-5-4-8-17(21)23/h2-8,10,15H,9,11-12H2,1H3,(H,20,22). The number of aromatic nitrogens is 1. The molecule has 2 aromatic rings. The number of hydrogen-bond donors (Lipinski definition) is 1. The van der Waals surface area contributed by atoms with Crippen molar-refractivity contribution in [2.24, 2.45) is 0 Å². The van der Waals surface area contributed by atoms with E-state index in [0.29, 0.717) is 10.6 Å². The van der Waals surface area contributed by atoms with Gasteiger partial charge in [-0.1, -0.05) is 35.9 Å². The van der Waals surface area contributed by atoms with E-state index in [1.165, 1.54) is 17.7 Å². The molecule has 1 heterocycles. The lowest BCUT2D eigenvalue weighted by Crippen LogP contribution is -2.32. The van der Waals surface area contributed by atoms with Crippen LogP contribution in [0.1, 0.15) is 24.4 Å². The predicted octanol–water partition coefficient (Wildman–Crippen LogP) is 2.31. The summed E-state index contributed by atoms with van der Waals surface area (Å²) >= 11 is 6.17. The van der Waals surface area contributed by atoms with Crippen LogP contribution in [0, 0.1) is 0 Å². The molecule has 0 aliphatic rings. The SMILES string of the molecule is COC(=O)CC(NC(=O)CCn1ccccc1=O)c1ccccc1Cl. The van der Waals surface area contributed by atoms with Crippen molar-refractivity contribution in [3.8, 4) is 0 Å². The first kappa shape index (κ1) is 18.7. The number of amides is 1. The fourth-order valence-corrected chi connectivity index (χ4v) is 2.65. The Morgan fingerprint density at radius 1 is 1.20 bits per heavy atom. The maximum Gasteiger partial charge on any atom is 0.307 e. The van der Waals surface area contributed by atoms with Crippen LogP contribution in [-0.4, -0.2) is 23.6 Å². The van der Waals surface area contributed by atoms with Crippen molar-refractivity contribution in [3.05, 3.63) is 69.6 Å². The van der Waals surface area contributed by atoms with Gasteiger partial charge in [-0.25, -0.2) is 0 Å². The molecule has 0 saturated heterocycles. The van der Waals surface area contributed by atoms with Gasteiger partial charge in [-0.05, 0) is 17.7 Å². The molecule has 0 saturated carbocycles. The van der Waals surface area contributed by atoms with Gasteiger partial charge in [0.2, 0.25) is 5.91 Å². The van der Waals surface area contributed by atoms with E-state index in [0.717, 1.165) is 0 Å². The molecule has 2 rings (SSSR count). The number of methoxy groups -OCH3 is 1. The molecule has 1 unspecified atom stereocenters. The topological polar surface area (TPSA) is 77.4 Å². The number of ether oxygens (including phenoxy) is 1. The summed E-state index contributed by atoms with van der Waals surface area (Å²) in [6, 6.07) is 11.2. The summed E-state index contributed by atoms with van der Waals surface area (Å²) in [6.07, 6.45) is 1.69. The number of esters is 1. The molecule has 1 atom stereocenters. The molecule has 7 heteroatoms. The minimum atomic E-state index is -0.596. The van der Waals surface area contributed by atoms with Crippen LogP contribution in [0.25, 0.3) is 0 Å². The van der Waals surface area contributed by atoms with E-state index in [-0.39, 0.29) is 30.9 Å². The van der Waals surface area contributed by atoms with Gasteiger partial charge in [-0.2, -0.15) is 0 Å². The number of benzene rings is 1. The summed E-state index contributed by atoms with van der Waals surface area (Å²) in [5.74, 6) is -0.742. The molecule has 0 fully saturated rings. The molecule has 0 radical (unpaired) electrons. The van der Waals surface area contributed by atoms with Gasteiger partial charge >= 0.3 is 5.97 Å². The summed E-state index contributed by atoms with van der Waals surface area (Å²) in [5.41, 5.74) is 0.465. The highest BCUT2D eigenvalue weighted by Gasteiger charge is 2.21. The summed E-state index contributed by atoms with van der Waals surface area (Å²) in [5, 5.41) is 3.24. The third-order valence-corrected chi connectivity index (χ3v) is 4.04. The number of pyridine rings is 1. The van der Waals surface area contributed by atoms with Crippen LogP contribution in [0.4, 0.5) is 0 Å². The van der Waals surface area contributed by atoms with Crippen molar-refractivity contribution in [1.82, 2.24) is 9.88 Å². The molecule has 1 aromatic heterocycles. The van der Waals surface area contributed by atoms with E-state index in [4.69, 9.17) is 11.6 Å². The number of halogens is 1. The second-order valence-corrected chi connectivity index (χ2v) is 5.81. The maximum absolute atomic E-state index is 12.3. The van der Waals surface area contributed by atoms with Crippen LogP contribution < -0.4 is 10.9 Å². The monoisotopic (exact) mass is 362 g/mol. The predicted molar refractivity (Wildman–Crippen MR) is 94.3 cm³/mol. The van der Waals surface area contributed by atoms with E-state index < -0.39 is 12.0 Å². The van der Waals surface area contributed by atoms with Crippen molar-refractivity contribution in [3.63, 3.8) is 0 Å². The van der Waals surface area contributed by atoms with Gasteiger partial charge in [0.05, 0.1) is 19.6 Å². The molecule has 1 amide bonds. The largest absolute Gasteiger partial charge is 0.469 e.